The van der Waals surface area contributed by atoms with Crippen LogP contribution >= 0.6 is 0 Å². The van der Waals surface area contributed by atoms with Crippen LogP contribution in [0.25, 0.3) is 0 Å². The molecule has 0 bridgehead atoms. The van der Waals surface area contributed by atoms with E-state index in [0.717, 1.165) is 17.8 Å². The molecule has 1 atom stereocenters. The predicted molar refractivity (Wildman–Crippen MR) is 89.0 cm³/mol. The van der Waals surface area contributed by atoms with Crippen LogP contribution in [0.2, 0.25) is 0 Å². The van der Waals surface area contributed by atoms with Gasteiger partial charge in [-0.15, -0.1) is 0 Å². The minimum absolute atomic E-state index is 0.162. The maximum absolute atomic E-state index is 11.6. The van der Waals surface area contributed by atoms with Gasteiger partial charge in [0, 0.05) is 19.2 Å². The molecule has 4 N–H and O–H groups in total. The summed E-state index contributed by atoms with van der Waals surface area (Å²) in [5.41, 5.74) is 5.50. The molecule has 0 fully saturated rings. The highest BCUT2D eigenvalue weighted by molar-refractivity contribution is 5.97. The number of carbonyl (C=O) groups is 3. The first-order valence-corrected chi connectivity index (χ1v) is 7.92. The van der Waals surface area contributed by atoms with Gasteiger partial charge in [-0.05, 0) is 43.9 Å². The fourth-order valence-electron chi connectivity index (χ4n) is 2.01. The first-order valence-electron chi connectivity index (χ1n) is 7.92. The molecule has 0 aliphatic rings. The molecule has 8 heteroatoms. The second kappa shape index (κ2) is 10.2. The highest BCUT2D eigenvalue weighted by atomic mass is 16.4. The smallest absolute Gasteiger partial charge is 0.316 e. The minimum Gasteiger partial charge on any atom is -0.481 e. The van der Waals surface area contributed by atoms with Crippen LogP contribution < -0.4 is 16.2 Å². The van der Waals surface area contributed by atoms with Crippen molar-refractivity contribution >= 4 is 23.6 Å². The van der Waals surface area contributed by atoms with E-state index in [9.17, 15) is 14.4 Å². The van der Waals surface area contributed by atoms with E-state index >= 15 is 0 Å². The molecule has 24 heavy (non-hydrogen) atoms. The van der Waals surface area contributed by atoms with E-state index in [1.165, 1.54) is 0 Å². The summed E-state index contributed by atoms with van der Waals surface area (Å²) < 4.78 is 0. The topological polar surface area (TPSA) is 120 Å². The van der Waals surface area contributed by atoms with Gasteiger partial charge >= 0.3 is 5.97 Å². The summed E-state index contributed by atoms with van der Waals surface area (Å²) in [6.45, 7) is 4.27. The summed E-state index contributed by atoms with van der Waals surface area (Å²) in [4.78, 5) is 38.1. The zero-order valence-corrected chi connectivity index (χ0v) is 14.0. The molecular weight excluding hydrogens is 312 g/mol. The van der Waals surface area contributed by atoms with Crippen molar-refractivity contribution in [3.8, 4) is 0 Å². The molecule has 1 unspecified atom stereocenters. The molecule has 0 aromatic carbocycles. The summed E-state index contributed by atoms with van der Waals surface area (Å²) in [6, 6.07) is 3.85. The van der Waals surface area contributed by atoms with E-state index in [1.54, 1.807) is 13.1 Å². The van der Waals surface area contributed by atoms with Crippen LogP contribution in [0, 0.1) is 12.8 Å². The number of pyridine rings is 1. The number of aryl methyl sites for hydroxylation is 1. The van der Waals surface area contributed by atoms with Crippen LogP contribution in [0.1, 0.15) is 38.2 Å². The van der Waals surface area contributed by atoms with Crippen LogP contribution in [0.5, 0.6) is 0 Å². The number of nitrogens with zero attached hydrogens (tertiary/aromatic N) is 1. The number of aromatic nitrogens is 1. The molecule has 132 valence electrons. The molecular formula is C16H24N4O4. The average molecular weight is 336 g/mol. The fourth-order valence-corrected chi connectivity index (χ4v) is 2.01. The average Bonchev–Trinajstić information content (AvgIpc) is 2.53. The van der Waals surface area contributed by atoms with Crippen LogP contribution in [0.15, 0.2) is 18.3 Å². The normalized spacial score (nSPS) is 11.4. The number of amides is 2. The van der Waals surface area contributed by atoms with Crippen molar-refractivity contribution in [1.29, 1.82) is 0 Å². The van der Waals surface area contributed by atoms with Crippen molar-refractivity contribution in [1.82, 2.24) is 15.8 Å². The van der Waals surface area contributed by atoms with Gasteiger partial charge in [0.2, 0.25) is 5.91 Å². The number of carbonyl (C=O) groups excluding carboxylic acids is 2. The highest BCUT2D eigenvalue weighted by Crippen LogP contribution is 2.06. The lowest BCUT2D eigenvalue weighted by atomic mass is 10.1. The Kier molecular flexibility index (Phi) is 8.24. The lowest BCUT2D eigenvalue weighted by molar-refractivity contribution is -0.148. The largest absolute Gasteiger partial charge is 0.481 e. The van der Waals surface area contributed by atoms with E-state index in [-0.39, 0.29) is 18.7 Å². The zero-order valence-electron chi connectivity index (χ0n) is 14.0. The Bertz CT molecular complexity index is 577. The summed E-state index contributed by atoms with van der Waals surface area (Å²) in [7, 11) is 0. The van der Waals surface area contributed by atoms with Crippen LogP contribution in [0.3, 0.4) is 0 Å². The lowest BCUT2D eigenvalue weighted by Crippen LogP contribution is -2.46. The van der Waals surface area contributed by atoms with E-state index in [2.05, 4.69) is 21.2 Å². The van der Waals surface area contributed by atoms with E-state index < -0.39 is 17.8 Å². The number of nitrogens with one attached hydrogen (secondary N) is 3. The number of anilines is 1. The van der Waals surface area contributed by atoms with Crippen molar-refractivity contribution in [2.45, 2.75) is 39.5 Å². The van der Waals surface area contributed by atoms with Gasteiger partial charge in [-0.2, -0.15) is 0 Å². The van der Waals surface area contributed by atoms with Gasteiger partial charge in [-0.3, -0.25) is 25.2 Å². The van der Waals surface area contributed by atoms with Gasteiger partial charge in [0.1, 0.15) is 11.7 Å². The molecule has 0 radical (unpaired) electrons. The monoisotopic (exact) mass is 336 g/mol. The Hall–Kier alpha value is -2.64. The number of carboxylic acids is 1. The van der Waals surface area contributed by atoms with Crippen LogP contribution in [-0.2, 0) is 14.4 Å². The first-order chi connectivity index (χ1) is 11.4. The standard InChI is InChI=1S/C16H24N4O4/c1-3-12(16(23)24)15(22)20-19-14(21)6-4-5-8-17-13-10-11(2)7-9-18-13/h7,9-10,12H,3-6,8H2,1-2H3,(H,17,18)(H,19,21)(H,20,22)(H,23,24). The van der Waals surface area contributed by atoms with Crippen LogP contribution in [-0.4, -0.2) is 34.4 Å². The Morgan fingerprint density at radius 1 is 1.25 bits per heavy atom. The van der Waals surface area contributed by atoms with Gasteiger partial charge in [0.25, 0.3) is 5.91 Å². The maximum atomic E-state index is 11.6. The second-order valence-corrected chi connectivity index (χ2v) is 5.44. The molecule has 2 amide bonds. The molecule has 1 rings (SSSR count). The van der Waals surface area contributed by atoms with Gasteiger partial charge in [-0.25, -0.2) is 4.98 Å². The number of aliphatic carboxylic acids is 1. The number of unbranched alkanes of at least 4 members (excludes halogenated alkanes) is 1. The molecule has 1 heterocycles. The van der Waals surface area contributed by atoms with Crippen molar-refractivity contribution in [3.63, 3.8) is 0 Å². The maximum Gasteiger partial charge on any atom is 0.316 e. The molecule has 0 aliphatic carbocycles. The van der Waals surface area contributed by atoms with Crippen molar-refractivity contribution in [2.75, 3.05) is 11.9 Å². The van der Waals surface area contributed by atoms with Gasteiger partial charge in [-0.1, -0.05) is 6.92 Å². The van der Waals surface area contributed by atoms with Crippen LogP contribution in [0.4, 0.5) is 5.82 Å². The molecule has 8 nitrogen and oxygen atoms in total. The van der Waals surface area contributed by atoms with Crippen molar-refractivity contribution in [2.24, 2.45) is 5.92 Å². The third-order valence-electron chi connectivity index (χ3n) is 3.40. The zero-order chi connectivity index (χ0) is 17.9. The molecule has 1 aromatic rings. The molecule has 1 aromatic heterocycles. The lowest BCUT2D eigenvalue weighted by Gasteiger charge is -2.11. The SMILES string of the molecule is CCC(C(=O)O)C(=O)NNC(=O)CCCCNc1cc(C)ccn1. The Balaban J connectivity index is 2.16. The summed E-state index contributed by atoms with van der Waals surface area (Å²) in [6.07, 6.45) is 3.54. The van der Waals surface area contributed by atoms with E-state index in [4.69, 9.17) is 5.11 Å². The molecule has 0 saturated heterocycles. The number of hydrogen-bond acceptors (Lipinski definition) is 5. The number of hydrazine groups is 1. The highest BCUT2D eigenvalue weighted by Gasteiger charge is 2.24. The molecule has 0 saturated carbocycles. The third-order valence-corrected chi connectivity index (χ3v) is 3.40. The van der Waals surface area contributed by atoms with Crippen molar-refractivity contribution < 1.29 is 19.5 Å². The van der Waals surface area contributed by atoms with Gasteiger partial charge in [0.05, 0.1) is 0 Å². The number of rotatable bonds is 9. The second-order valence-electron chi connectivity index (χ2n) is 5.44. The van der Waals surface area contributed by atoms with Gasteiger partial charge < -0.3 is 10.4 Å². The first kappa shape index (κ1) is 19.4. The minimum atomic E-state index is -1.21. The third kappa shape index (κ3) is 7.08. The number of carboxylic acid groups (broad SMARTS) is 1. The quantitative estimate of drug-likeness (QED) is 0.306. The summed E-state index contributed by atoms with van der Waals surface area (Å²) >= 11 is 0. The molecule has 0 aliphatic heterocycles. The summed E-state index contributed by atoms with van der Waals surface area (Å²) in [5.74, 6) is -2.63. The van der Waals surface area contributed by atoms with E-state index in [1.807, 2.05) is 19.1 Å². The Morgan fingerprint density at radius 3 is 2.62 bits per heavy atom. The Morgan fingerprint density at radius 2 is 2.00 bits per heavy atom. The number of hydrogen-bond donors (Lipinski definition) is 4. The van der Waals surface area contributed by atoms with Crippen molar-refractivity contribution in [3.05, 3.63) is 23.9 Å². The predicted octanol–water partition coefficient (Wildman–Crippen LogP) is 1.23. The van der Waals surface area contributed by atoms with E-state index in [0.29, 0.717) is 13.0 Å². The summed E-state index contributed by atoms with van der Waals surface area (Å²) in [5, 5.41) is 12.0. The fraction of sp³-hybridized carbons (Fsp3) is 0.500. The Labute approximate surface area is 141 Å². The van der Waals surface area contributed by atoms with Gasteiger partial charge in [0.15, 0.2) is 0 Å². The molecule has 0 spiro atoms.